The van der Waals surface area contributed by atoms with Crippen LogP contribution < -0.4 is 5.32 Å². The summed E-state index contributed by atoms with van der Waals surface area (Å²) in [7, 11) is 0. The van der Waals surface area contributed by atoms with E-state index in [0.717, 1.165) is 37.1 Å². The summed E-state index contributed by atoms with van der Waals surface area (Å²) in [5.41, 5.74) is 2.62. The van der Waals surface area contributed by atoms with E-state index in [-0.39, 0.29) is 24.0 Å². The Balaban J connectivity index is 1.48. The zero-order valence-corrected chi connectivity index (χ0v) is 15.6. The Kier molecular flexibility index (Phi) is 5.53. The van der Waals surface area contributed by atoms with Crippen molar-refractivity contribution in [2.45, 2.75) is 69.4 Å². The number of carbonyl (C=O) groups excluding carboxylic acids is 1. The van der Waals surface area contributed by atoms with Crippen LogP contribution in [0.2, 0.25) is 0 Å². The van der Waals surface area contributed by atoms with E-state index in [1.165, 1.54) is 19.3 Å². The van der Waals surface area contributed by atoms with Crippen molar-refractivity contribution in [3.8, 4) is 0 Å². The van der Waals surface area contributed by atoms with Crippen LogP contribution in [0.25, 0.3) is 0 Å². The number of carbonyl (C=O) groups is 1. The molecule has 0 spiro atoms. The van der Waals surface area contributed by atoms with Gasteiger partial charge in [-0.1, -0.05) is 25.3 Å². The Labute approximate surface area is 159 Å². The lowest BCUT2D eigenvalue weighted by molar-refractivity contribution is 0.0237. The highest BCUT2D eigenvalue weighted by Gasteiger charge is 2.35. The third-order valence-electron chi connectivity index (χ3n) is 6.12. The number of hydrogen-bond donors (Lipinski definition) is 3. The number of aliphatic hydroxyl groups excluding tert-OH is 1. The van der Waals surface area contributed by atoms with E-state index in [0.29, 0.717) is 17.9 Å². The van der Waals surface area contributed by atoms with Gasteiger partial charge in [0, 0.05) is 30.3 Å². The molecule has 2 aliphatic carbocycles. The van der Waals surface area contributed by atoms with Crippen LogP contribution in [-0.2, 0) is 6.42 Å². The van der Waals surface area contributed by atoms with Crippen molar-refractivity contribution in [2.24, 2.45) is 5.92 Å². The second-order valence-electron chi connectivity index (χ2n) is 8.02. The summed E-state index contributed by atoms with van der Waals surface area (Å²) in [5, 5.41) is 20.2. The van der Waals surface area contributed by atoms with Gasteiger partial charge in [-0.25, -0.2) is 0 Å². The molecule has 0 aliphatic heterocycles. The number of pyridine rings is 1. The van der Waals surface area contributed by atoms with E-state index < -0.39 is 0 Å². The maximum atomic E-state index is 13.0. The Morgan fingerprint density at radius 2 is 2.07 bits per heavy atom. The standard InChI is InChI=1S/C21H28N4O2/c26-17-10-15(11-17)19(12-16-8-4-5-9-22-16)24-21(27)18-13-23-25-20(18)14-6-2-1-3-7-14/h4-5,8-9,13-15,17,19,26H,1-3,6-7,10-12H2,(H,23,25)(H,24,27). The molecule has 0 aromatic carbocycles. The van der Waals surface area contributed by atoms with Crippen LogP contribution in [0, 0.1) is 5.92 Å². The monoisotopic (exact) mass is 368 g/mol. The number of aromatic amines is 1. The van der Waals surface area contributed by atoms with Gasteiger partial charge in [0.1, 0.15) is 0 Å². The molecule has 0 saturated heterocycles. The molecule has 0 radical (unpaired) electrons. The number of nitrogens with one attached hydrogen (secondary N) is 2. The van der Waals surface area contributed by atoms with Gasteiger partial charge in [0.05, 0.1) is 23.6 Å². The lowest BCUT2D eigenvalue weighted by atomic mass is 9.75. The van der Waals surface area contributed by atoms with Crippen LogP contribution in [0.15, 0.2) is 30.6 Å². The van der Waals surface area contributed by atoms with Crippen molar-refractivity contribution in [1.29, 1.82) is 0 Å². The molecule has 2 heterocycles. The van der Waals surface area contributed by atoms with E-state index >= 15 is 0 Å². The highest BCUT2D eigenvalue weighted by molar-refractivity contribution is 5.95. The summed E-state index contributed by atoms with van der Waals surface area (Å²) in [4.78, 5) is 17.4. The Hall–Kier alpha value is -2.21. The molecule has 144 valence electrons. The first kappa shape index (κ1) is 18.2. The topological polar surface area (TPSA) is 90.9 Å². The molecule has 2 aromatic heterocycles. The van der Waals surface area contributed by atoms with Crippen molar-refractivity contribution < 1.29 is 9.90 Å². The van der Waals surface area contributed by atoms with Gasteiger partial charge in [0.25, 0.3) is 5.91 Å². The van der Waals surface area contributed by atoms with Gasteiger partial charge in [-0.15, -0.1) is 0 Å². The first-order valence-corrected chi connectivity index (χ1v) is 10.1. The van der Waals surface area contributed by atoms with Crippen LogP contribution in [-0.4, -0.2) is 38.3 Å². The van der Waals surface area contributed by atoms with Gasteiger partial charge in [0.15, 0.2) is 0 Å². The van der Waals surface area contributed by atoms with Crippen LogP contribution in [0.3, 0.4) is 0 Å². The Bertz CT molecular complexity index is 749. The predicted molar refractivity (Wildman–Crippen MR) is 102 cm³/mol. The van der Waals surface area contributed by atoms with Crippen molar-refractivity contribution in [3.63, 3.8) is 0 Å². The SMILES string of the molecule is O=C(NC(Cc1ccccn1)C1CC(O)C1)c1cn[nH]c1C1CCCCC1. The van der Waals surface area contributed by atoms with Gasteiger partial charge in [-0.3, -0.25) is 14.9 Å². The van der Waals surface area contributed by atoms with Gasteiger partial charge < -0.3 is 10.4 Å². The molecule has 0 bridgehead atoms. The van der Waals surface area contributed by atoms with Crippen LogP contribution in [0.1, 0.15) is 72.6 Å². The van der Waals surface area contributed by atoms with Gasteiger partial charge in [-0.05, 0) is 43.7 Å². The Morgan fingerprint density at radius 3 is 2.78 bits per heavy atom. The molecular formula is C21H28N4O2. The number of aromatic nitrogens is 3. The summed E-state index contributed by atoms with van der Waals surface area (Å²) < 4.78 is 0. The summed E-state index contributed by atoms with van der Waals surface area (Å²) >= 11 is 0. The molecule has 6 heteroatoms. The fourth-order valence-electron chi connectivity index (χ4n) is 4.46. The lowest BCUT2D eigenvalue weighted by Gasteiger charge is -2.38. The maximum Gasteiger partial charge on any atom is 0.254 e. The van der Waals surface area contributed by atoms with E-state index in [2.05, 4.69) is 20.5 Å². The minimum atomic E-state index is -0.246. The zero-order valence-electron chi connectivity index (χ0n) is 15.6. The van der Waals surface area contributed by atoms with E-state index in [1.54, 1.807) is 12.4 Å². The molecule has 27 heavy (non-hydrogen) atoms. The van der Waals surface area contributed by atoms with Crippen LogP contribution in [0.4, 0.5) is 0 Å². The van der Waals surface area contributed by atoms with Crippen molar-refractivity contribution in [2.75, 3.05) is 0 Å². The molecule has 1 amide bonds. The highest BCUT2D eigenvalue weighted by Crippen LogP contribution is 2.34. The fraction of sp³-hybridized carbons (Fsp3) is 0.571. The number of aliphatic hydroxyl groups is 1. The average molecular weight is 368 g/mol. The molecule has 1 unspecified atom stereocenters. The second-order valence-corrected chi connectivity index (χ2v) is 8.02. The summed E-state index contributed by atoms with van der Waals surface area (Å²) in [6, 6.07) is 5.82. The third-order valence-corrected chi connectivity index (χ3v) is 6.12. The van der Waals surface area contributed by atoms with E-state index in [4.69, 9.17) is 0 Å². The summed E-state index contributed by atoms with van der Waals surface area (Å²) in [6.07, 6.45) is 11.3. The molecular weight excluding hydrogens is 340 g/mol. The molecule has 2 aliphatic rings. The smallest absolute Gasteiger partial charge is 0.254 e. The molecule has 1 atom stereocenters. The molecule has 2 fully saturated rings. The average Bonchev–Trinajstić information content (AvgIpc) is 3.16. The van der Waals surface area contributed by atoms with Gasteiger partial charge in [0.2, 0.25) is 0 Å². The molecule has 6 nitrogen and oxygen atoms in total. The minimum Gasteiger partial charge on any atom is -0.393 e. The number of nitrogens with zero attached hydrogens (tertiary/aromatic N) is 2. The molecule has 2 saturated carbocycles. The number of H-pyrrole nitrogens is 1. The van der Waals surface area contributed by atoms with Crippen molar-refractivity contribution >= 4 is 5.91 Å². The minimum absolute atomic E-state index is 0.0232. The Morgan fingerprint density at radius 1 is 1.26 bits per heavy atom. The zero-order chi connectivity index (χ0) is 18.6. The van der Waals surface area contributed by atoms with Crippen molar-refractivity contribution in [3.05, 3.63) is 47.5 Å². The molecule has 2 aromatic rings. The largest absolute Gasteiger partial charge is 0.393 e. The van der Waals surface area contributed by atoms with E-state index in [1.807, 2.05) is 18.2 Å². The van der Waals surface area contributed by atoms with Crippen molar-refractivity contribution in [1.82, 2.24) is 20.5 Å². The van der Waals surface area contributed by atoms with Gasteiger partial charge >= 0.3 is 0 Å². The molecule has 3 N–H and O–H groups in total. The second kappa shape index (κ2) is 8.21. The maximum absolute atomic E-state index is 13.0. The first-order chi connectivity index (χ1) is 13.2. The normalized spacial score (nSPS) is 24.2. The number of amides is 1. The summed E-state index contributed by atoms with van der Waals surface area (Å²) in [5.74, 6) is 0.629. The van der Waals surface area contributed by atoms with Crippen LogP contribution >= 0.6 is 0 Å². The van der Waals surface area contributed by atoms with E-state index in [9.17, 15) is 9.90 Å². The summed E-state index contributed by atoms with van der Waals surface area (Å²) in [6.45, 7) is 0. The quantitative estimate of drug-likeness (QED) is 0.731. The van der Waals surface area contributed by atoms with Crippen LogP contribution in [0.5, 0.6) is 0 Å². The third kappa shape index (κ3) is 4.21. The lowest BCUT2D eigenvalue weighted by Crippen LogP contribution is -2.48. The fourth-order valence-corrected chi connectivity index (χ4v) is 4.46. The van der Waals surface area contributed by atoms with Gasteiger partial charge in [-0.2, -0.15) is 5.10 Å². The highest BCUT2D eigenvalue weighted by atomic mass is 16.3. The predicted octanol–water partition coefficient (Wildman–Crippen LogP) is 2.96. The molecule has 4 rings (SSSR count). The number of rotatable bonds is 6. The number of hydrogen-bond acceptors (Lipinski definition) is 4. The first-order valence-electron chi connectivity index (χ1n) is 10.1.